The van der Waals surface area contributed by atoms with Gasteiger partial charge in [0.05, 0.1) is 5.56 Å². The zero-order valence-corrected chi connectivity index (χ0v) is 10.1. The van der Waals surface area contributed by atoms with Crippen molar-refractivity contribution in [1.82, 2.24) is 19.4 Å². The number of carbonyl (C=O) groups excluding carboxylic acids is 1. The number of rotatable bonds is 2. The number of hydrogen-bond donors (Lipinski definition) is 1. The molecule has 0 fully saturated rings. The number of aldehydes is 1. The van der Waals surface area contributed by atoms with Crippen molar-refractivity contribution >= 4 is 11.9 Å². The van der Waals surface area contributed by atoms with Crippen LogP contribution in [-0.4, -0.2) is 25.6 Å². The third-order valence-corrected chi connectivity index (χ3v) is 2.89. The highest BCUT2D eigenvalue weighted by atomic mass is 16.1. The van der Waals surface area contributed by atoms with Gasteiger partial charge in [-0.15, -0.1) is 0 Å². The van der Waals surface area contributed by atoms with E-state index in [1.54, 1.807) is 6.07 Å². The van der Waals surface area contributed by atoms with Crippen LogP contribution in [0.1, 0.15) is 21.9 Å². The van der Waals surface area contributed by atoms with Crippen LogP contribution in [0.15, 0.2) is 24.5 Å². The Morgan fingerprint density at radius 3 is 2.83 bits per heavy atom. The third kappa shape index (κ3) is 1.52. The Hall–Kier alpha value is -2.43. The number of nitrogens with zero attached hydrogens (tertiary/aromatic N) is 3. The summed E-state index contributed by atoms with van der Waals surface area (Å²) in [7, 11) is 0. The molecule has 3 aromatic rings. The molecule has 5 heteroatoms. The fourth-order valence-corrected chi connectivity index (χ4v) is 2.10. The van der Waals surface area contributed by atoms with Crippen LogP contribution in [0.25, 0.3) is 17.0 Å². The van der Waals surface area contributed by atoms with E-state index >= 15 is 0 Å². The predicted octanol–water partition coefficient (Wildman–Crippen LogP) is 2.15. The molecule has 0 spiro atoms. The number of fused-ring (bicyclic) bond motifs is 1. The number of imidazole rings is 2. The van der Waals surface area contributed by atoms with Gasteiger partial charge in [-0.2, -0.15) is 0 Å². The second-order valence-corrected chi connectivity index (χ2v) is 4.23. The van der Waals surface area contributed by atoms with E-state index in [-0.39, 0.29) is 0 Å². The minimum atomic E-state index is 0.577. The van der Waals surface area contributed by atoms with Crippen molar-refractivity contribution in [2.75, 3.05) is 0 Å². The average Bonchev–Trinajstić information content (AvgIpc) is 2.91. The number of aromatic nitrogens is 4. The molecular weight excluding hydrogens is 228 g/mol. The Bertz CT molecular complexity index is 739. The maximum Gasteiger partial charge on any atom is 0.153 e. The number of hydrogen-bond acceptors (Lipinski definition) is 3. The second-order valence-electron chi connectivity index (χ2n) is 4.23. The quantitative estimate of drug-likeness (QED) is 0.698. The van der Waals surface area contributed by atoms with Crippen molar-refractivity contribution in [1.29, 1.82) is 0 Å². The van der Waals surface area contributed by atoms with Crippen molar-refractivity contribution in [2.24, 2.45) is 0 Å². The van der Waals surface area contributed by atoms with E-state index in [0.29, 0.717) is 11.2 Å². The summed E-state index contributed by atoms with van der Waals surface area (Å²) in [6, 6.07) is 3.58. The van der Waals surface area contributed by atoms with E-state index in [0.717, 1.165) is 29.2 Å². The van der Waals surface area contributed by atoms with Gasteiger partial charge >= 0.3 is 0 Å². The topological polar surface area (TPSA) is 63.1 Å². The first-order valence-corrected chi connectivity index (χ1v) is 5.65. The molecule has 90 valence electrons. The highest BCUT2D eigenvalue weighted by Gasteiger charge is 2.12. The summed E-state index contributed by atoms with van der Waals surface area (Å²) in [6.45, 7) is 3.86. The first-order chi connectivity index (χ1) is 8.69. The minimum absolute atomic E-state index is 0.577. The number of H-pyrrole nitrogens is 1. The molecule has 0 amide bonds. The van der Waals surface area contributed by atoms with E-state index in [1.807, 2.05) is 36.7 Å². The largest absolute Gasteiger partial charge is 0.346 e. The summed E-state index contributed by atoms with van der Waals surface area (Å²) in [5.74, 6) is 0.857. The molecule has 3 aromatic heterocycles. The van der Waals surface area contributed by atoms with Gasteiger partial charge in [0.1, 0.15) is 22.9 Å². The molecule has 1 N–H and O–H groups in total. The van der Waals surface area contributed by atoms with Gasteiger partial charge in [0.25, 0.3) is 0 Å². The summed E-state index contributed by atoms with van der Waals surface area (Å²) in [5.41, 5.74) is 3.80. The monoisotopic (exact) mass is 240 g/mol. The van der Waals surface area contributed by atoms with Crippen LogP contribution in [0.5, 0.6) is 0 Å². The van der Waals surface area contributed by atoms with Crippen LogP contribution in [0.3, 0.4) is 0 Å². The fraction of sp³-hybridized carbons (Fsp3) is 0.154. The van der Waals surface area contributed by atoms with Crippen LogP contribution >= 0.6 is 0 Å². The maximum absolute atomic E-state index is 11.0. The summed E-state index contributed by atoms with van der Waals surface area (Å²) < 4.78 is 1.84. The smallest absolute Gasteiger partial charge is 0.153 e. The molecule has 5 nitrogen and oxygen atoms in total. The fourth-order valence-electron chi connectivity index (χ4n) is 2.10. The van der Waals surface area contributed by atoms with Gasteiger partial charge in [-0.25, -0.2) is 9.97 Å². The van der Waals surface area contributed by atoms with Gasteiger partial charge in [-0.1, -0.05) is 0 Å². The van der Waals surface area contributed by atoms with Gasteiger partial charge < -0.3 is 9.38 Å². The van der Waals surface area contributed by atoms with Gasteiger partial charge in [0, 0.05) is 18.1 Å². The predicted molar refractivity (Wildman–Crippen MR) is 67.6 cm³/mol. The lowest BCUT2D eigenvalue weighted by Crippen LogP contribution is -1.88. The van der Waals surface area contributed by atoms with Gasteiger partial charge in [-0.05, 0) is 26.0 Å². The molecule has 0 bridgehead atoms. The zero-order valence-electron chi connectivity index (χ0n) is 10.1. The second kappa shape index (κ2) is 3.80. The van der Waals surface area contributed by atoms with Crippen LogP contribution < -0.4 is 0 Å². The molecule has 0 aliphatic rings. The summed E-state index contributed by atoms with van der Waals surface area (Å²) in [5, 5.41) is 0. The average molecular weight is 240 g/mol. The molecular formula is C13H12N4O. The Balaban J connectivity index is 2.25. The molecule has 0 aliphatic heterocycles. The third-order valence-electron chi connectivity index (χ3n) is 2.89. The number of aryl methyl sites for hydroxylation is 2. The lowest BCUT2D eigenvalue weighted by Gasteiger charge is -1.93. The Morgan fingerprint density at radius 2 is 2.17 bits per heavy atom. The standard InChI is InChI=1S/C13H12N4O/c1-8-12(15-9(2)14-8)11-6-17-5-3-4-10(7-18)13(17)16-11/h3-7H,1-2H3,(H,14,15). The van der Waals surface area contributed by atoms with E-state index < -0.39 is 0 Å². The van der Waals surface area contributed by atoms with Crippen LogP contribution in [0.2, 0.25) is 0 Å². The van der Waals surface area contributed by atoms with Crippen molar-refractivity contribution in [2.45, 2.75) is 13.8 Å². The number of aromatic amines is 1. The Morgan fingerprint density at radius 1 is 1.33 bits per heavy atom. The molecule has 0 aromatic carbocycles. The van der Waals surface area contributed by atoms with Gasteiger partial charge in [-0.3, -0.25) is 4.79 Å². The number of pyridine rings is 1. The maximum atomic E-state index is 11.0. The van der Waals surface area contributed by atoms with Crippen molar-refractivity contribution < 1.29 is 4.79 Å². The van der Waals surface area contributed by atoms with E-state index in [2.05, 4.69) is 15.0 Å². The molecule has 0 radical (unpaired) electrons. The summed E-state index contributed by atoms with van der Waals surface area (Å²) in [4.78, 5) is 23.0. The van der Waals surface area contributed by atoms with E-state index in [1.165, 1.54) is 0 Å². The molecule has 3 rings (SSSR count). The lowest BCUT2D eigenvalue weighted by atomic mass is 10.3. The van der Waals surface area contributed by atoms with Crippen molar-refractivity contribution in [3.63, 3.8) is 0 Å². The molecule has 18 heavy (non-hydrogen) atoms. The van der Waals surface area contributed by atoms with Gasteiger partial charge in [0.15, 0.2) is 6.29 Å². The van der Waals surface area contributed by atoms with E-state index in [4.69, 9.17) is 0 Å². The molecule has 3 heterocycles. The highest BCUT2D eigenvalue weighted by molar-refractivity contribution is 5.84. The molecule has 0 unspecified atom stereocenters. The van der Waals surface area contributed by atoms with Crippen molar-refractivity contribution in [3.05, 3.63) is 41.6 Å². The Kier molecular flexibility index (Phi) is 2.26. The number of nitrogens with one attached hydrogen (secondary N) is 1. The Labute approximate surface area is 104 Å². The highest BCUT2D eigenvalue weighted by Crippen LogP contribution is 2.21. The summed E-state index contributed by atoms with van der Waals surface area (Å²) in [6.07, 6.45) is 4.56. The SMILES string of the molecule is Cc1nc(-c2cn3cccc(C=O)c3n2)c(C)[nH]1. The van der Waals surface area contributed by atoms with Gasteiger partial charge in [0.2, 0.25) is 0 Å². The normalized spacial score (nSPS) is 11.0. The number of carbonyl (C=O) groups is 1. The van der Waals surface area contributed by atoms with Crippen LogP contribution in [-0.2, 0) is 0 Å². The van der Waals surface area contributed by atoms with Crippen LogP contribution in [0, 0.1) is 13.8 Å². The molecule has 0 aliphatic carbocycles. The van der Waals surface area contributed by atoms with Crippen molar-refractivity contribution in [3.8, 4) is 11.4 Å². The van der Waals surface area contributed by atoms with E-state index in [9.17, 15) is 4.79 Å². The lowest BCUT2D eigenvalue weighted by molar-refractivity contribution is 0.112. The van der Waals surface area contributed by atoms with Crippen LogP contribution in [0.4, 0.5) is 0 Å². The summed E-state index contributed by atoms with van der Waals surface area (Å²) >= 11 is 0. The molecule has 0 atom stereocenters. The first-order valence-electron chi connectivity index (χ1n) is 5.65. The zero-order chi connectivity index (χ0) is 12.7. The molecule has 0 saturated heterocycles. The molecule has 0 saturated carbocycles. The minimum Gasteiger partial charge on any atom is -0.346 e. The first kappa shape index (κ1) is 10.7.